The molecule has 1 heterocycles. The van der Waals surface area contributed by atoms with Crippen molar-refractivity contribution in [3.05, 3.63) is 46.5 Å². The molecule has 0 saturated heterocycles. The second-order valence-electron chi connectivity index (χ2n) is 6.42. The lowest BCUT2D eigenvalue weighted by Crippen LogP contribution is -2.15. The molecule has 2 aromatic carbocycles. The summed E-state index contributed by atoms with van der Waals surface area (Å²) in [5.74, 6) is 1.96. The van der Waals surface area contributed by atoms with E-state index in [9.17, 15) is 5.11 Å². The third-order valence-electron chi connectivity index (χ3n) is 4.34. The quantitative estimate of drug-likeness (QED) is 0.666. The number of hydrogen-bond acceptors (Lipinski definition) is 5. The zero-order valence-corrected chi connectivity index (χ0v) is 16.5. The minimum Gasteiger partial charge on any atom is -0.491 e. The number of benzene rings is 2. The van der Waals surface area contributed by atoms with E-state index in [2.05, 4.69) is 5.32 Å². The average Bonchev–Trinajstić information content (AvgIpc) is 2.66. The fraction of sp³-hybridized carbons (Fsp3) is 0.429. The van der Waals surface area contributed by atoms with Gasteiger partial charge < -0.3 is 24.6 Å². The lowest BCUT2D eigenvalue weighted by Gasteiger charge is -2.24. The summed E-state index contributed by atoms with van der Waals surface area (Å²) >= 11 is 6.43. The highest BCUT2D eigenvalue weighted by molar-refractivity contribution is 6.32. The predicted molar refractivity (Wildman–Crippen MR) is 107 cm³/mol. The molecule has 6 heteroatoms. The molecule has 0 fully saturated rings. The summed E-state index contributed by atoms with van der Waals surface area (Å²) in [6.07, 6.45) is 1.03. The van der Waals surface area contributed by atoms with Crippen molar-refractivity contribution in [1.29, 1.82) is 0 Å². The molecule has 0 radical (unpaired) electrons. The minimum absolute atomic E-state index is 0.482. The van der Waals surface area contributed by atoms with Gasteiger partial charge in [-0.05, 0) is 37.1 Å². The molecule has 146 valence electrons. The van der Waals surface area contributed by atoms with Crippen LogP contribution in [0.15, 0.2) is 30.3 Å². The van der Waals surface area contributed by atoms with Gasteiger partial charge >= 0.3 is 0 Å². The Hall–Kier alpha value is -2.11. The summed E-state index contributed by atoms with van der Waals surface area (Å²) in [4.78, 5) is 0. The number of aliphatic hydroxyl groups excluding tert-OH is 1. The number of para-hydroxylation sites is 1. The van der Waals surface area contributed by atoms with Crippen LogP contribution in [0.1, 0.15) is 43.9 Å². The lowest BCUT2D eigenvalue weighted by atomic mass is 10.0. The molecule has 1 atom stereocenters. The monoisotopic (exact) mass is 391 g/mol. The van der Waals surface area contributed by atoms with Gasteiger partial charge in [0, 0.05) is 18.5 Å². The van der Waals surface area contributed by atoms with Crippen LogP contribution >= 0.6 is 11.6 Å². The summed E-state index contributed by atoms with van der Waals surface area (Å²) in [6.45, 7) is 6.16. The molecule has 0 spiro atoms. The number of nitrogens with one attached hydrogen (secondary N) is 1. The van der Waals surface area contributed by atoms with E-state index < -0.39 is 6.10 Å². The first kappa shape index (κ1) is 19.6. The number of anilines is 1. The first-order chi connectivity index (χ1) is 13.1. The molecule has 2 aromatic rings. The zero-order valence-electron chi connectivity index (χ0n) is 15.8. The molecule has 0 aliphatic carbocycles. The molecule has 2 N–H and O–H groups in total. The molecule has 5 nitrogen and oxygen atoms in total. The maximum Gasteiger partial charge on any atom is 0.179 e. The second kappa shape index (κ2) is 9.20. The largest absolute Gasteiger partial charge is 0.491 e. The number of hydrogen-bond donors (Lipinski definition) is 2. The minimum atomic E-state index is -0.482. The van der Waals surface area contributed by atoms with Crippen LogP contribution in [0.3, 0.4) is 0 Å². The number of aliphatic hydroxyl groups is 1. The second-order valence-corrected chi connectivity index (χ2v) is 6.82. The topological polar surface area (TPSA) is 60.0 Å². The molecule has 1 aliphatic rings. The van der Waals surface area contributed by atoms with Crippen LogP contribution in [0.4, 0.5) is 5.69 Å². The molecule has 27 heavy (non-hydrogen) atoms. The summed E-state index contributed by atoms with van der Waals surface area (Å²) in [5, 5.41) is 14.1. The van der Waals surface area contributed by atoms with E-state index in [1.807, 2.05) is 44.2 Å². The Morgan fingerprint density at radius 2 is 2.11 bits per heavy atom. The molecule has 3 rings (SSSR count). The van der Waals surface area contributed by atoms with Gasteiger partial charge in [-0.2, -0.15) is 0 Å². The van der Waals surface area contributed by atoms with Gasteiger partial charge in [0.25, 0.3) is 0 Å². The van der Waals surface area contributed by atoms with Crippen molar-refractivity contribution in [3.8, 4) is 17.2 Å². The van der Waals surface area contributed by atoms with Crippen LogP contribution < -0.4 is 19.5 Å². The Labute approximate surface area is 165 Å². The van der Waals surface area contributed by atoms with E-state index >= 15 is 0 Å². The number of ether oxygens (including phenoxy) is 3. The Bertz CT molecular complexity index is 781. The fourth-order valence-corrected chi connectivity index (χ4v) is 3.36. The van der Waals surface area contributed by atoms with Crippen LogP contribution in [-0.4, -0.2) is 24.9 Å². The average molecular weight is 392 g/mol. The Morgan fingerprint density at radius 3 is 2.89 bits per heavy atom. The van der Waals surface area contributed by atoms with Crippen molar-refractivity contribution in [2.24, 2.45) is 0 Å². The predicted octanol–water partition coefficient (Wildman–Crippen LogP) is 4.96. The number of halogens is 1. The van der Waals surface area contributed by atoms with Crippen molar-refractivity contribution in [2.45, 2.75) is 39.3 Å². The maximum atomic E-state index is 10.1. The van der Waals surface area contributed by atoms with Gasteiger partial charge in [-0.1, -0.05) is 30.7 Å². The van der Waals surface area contributed by atoms with E-state index in [1.54, 1.807) is 0 Å². The molecule has 0 aromatic heterocycles. The van der Waals surface area contributed by atoms with Crippen molar-refractivity contribution in [1.82, 2.24) is 0 Å². The first-order valence-corrected chi connectivity index (χ1v) is 9.77. The van der Waals surface area contributed by atoms with Gasteiger partial charge in [0.15, 0.2) is 11.5 Å². The Balaban J connectivity index is 1.79. The molecule has 0 amide bonds. The van der Waals surface area contributed by atoms with Gasteiger partial charge in [-0.25, -0.2) is 0 Å². The van der Waals surface area contributed by atoms with Gasteiger partial charge in [0.1, 0.15) is 5.75 Å². The third-order valence-corrected chi connectivity index (χ3v) is 4.63. The SMILES string of the molecule is CCCOc1c(Cl)cc(CNc2cccc3c2OCCC3O)cc1OCC. The maximum absolute atomic E-state index is 10.1. The fourth-order valence-electron chi connectivity index (χ4n) is 3.07. The van der Waals surface area contributed by atoms with Crippen LogP contribution in [0.5, 0.6) is 17.2 Å². The summed E-state index contributed by atoms with van der Waals surface area (Å²) < 4.78 is 17.2. The van der Waals surface area contributed by atoms with Gasteiger partial charge in [0.05, 0.1) is 36.6 Å². The molecule has 1 unspecified atom stereocenters. The Kier molecular flexibility index (Phi) is 6.69. The lowest BCUT2D eigenvalue weighted by molar-refractivity contribution is 0.116. The summed E-state index contributed by atoms with van der Waals surface area (Å²) in [7, 11) is 0. The summed E-state index contributed by atoms with van der Waals surface area (Å²) in [5.41, 5.74) is 2.65. The van der Waals surface area contributed by atoms with E-state index in [4.69, 9.17) is 25.8 Å². The normalized spacial score (nSPS) is 15.6. The smallest absolute Gasteiger partial charge is 0.179 e. The number of rotatable bonds is 8. The zero-order chi connectivity index (χ0) is 19.2. The van der Waals surface area contributed by atoms with Crippen molar-refractivity contribution >= 4 is 17.3 Å². The van der Waals surface area contributed by atoms with Crippen LogP contribution in [0.25, 0.3) is 0 Å². The van der Waals surface area contributed by atoms with Gasteiger partial charge in [-0.15, -0.1) is 0 Å². The Morgan fingerprint density at radius 1 is 1.26 bits per heavy atom. The van der Waals surface area contributed by atoms with E-state index in [1.165, 1.54) is 0 Å². The van der Waals surface area contributed by atoms with Gasteiger partial charge in [0.2, 0.25) is 0 Å². The van der Waals surface area contributed by atoms with Crippen molar-refractivity contribution in [3.63, 3.8) is 0 Å². The van der Waals surface area contributed by atoms with E-state index in [0.717, 1.165) is 29.0 Å². The van der Waals surface area contributed by atoms with Crippen molar-refractivity contribution in [2.75, 3.05) is 25.1 Å². The molecular weight excluding hydrogens is 366 g/mol. The standard InChI is InChI=1S/C21H26ClNO4/c1-3-9-26-21-16(22)11-14(12-19(21)25-4-2)13-23-17-7-5-6-15-18(24)8-10-27-20(15)17/h5-7,11-12,18,23-24H,3-4,8-10,13H2,1-2H3. The van der Waals surface area contributed by atoms with E-state index in [0.29, 0.717) is 49.3 Å². The van der Waals surface area contributed by atoms with Gasteiger partial charge in [-0.3, -0.25) is 0 Å². The highest BCUT2D eigenvalue weighted by atomic mass is 35.5. The third kappa shape index (κ3) is 4.60. The summed E-state index contributed by atoms with van der Waals surface area (Å²) in [6, 6.07) is 9.58. The first-order valence-electron chi connectivity index (χ1n) is 9.39. The van der Waals surface area contributed by atoms with Crippen LogP contribution in [0, 0.1) is 0 Å². The molecule has 1 aliphatic heterocycles. The van der Waals surface area contributed by atoms with Crippen molar-refractivity contribution < 1.29 is 19.3 Å². The highest BCUT2D eigenvalue weighted by Crippen LogP contribution is 2.39. The van der Waals surface area contributed by atoms with Crippen LogP contribution in [-0.2, 0) is 6.54 Å². The van der Waals surface area contributed by atoms with Crippen LogP contribution in [0.2, 0.25) is 5.02 Å². The van der Waals surface area contributed by atoms with E-state index in [-0.39, 0.29) is 0 Å². The highest BCUT2D eigenvalue weighted by Gasteiger charge is 2.21. The molecular formula is C21H26ClNO4. The molecule has 0 saturated carbocycles. The number of fused-ring (bicyclic) bond motifs is 1. The molecule has 0 bridgehead atoms.